The predicted molar refractivity (Wildman–Crippen MR) is 187 cm³/mol. The van der Waals surface area contributed by atoms with E-state index in [-0.39, 0.29) is 48.0 Å². The molecule has 0 spiro atoms. The number of anilines is 1. The molecule has 0 aliphatic carbocycles. The standard InChI is InChI=1S/C26H38N7O19P3S/c1-26(2,20(37)23(38)29-6-5-15(34)28-7-8-56-25(39)13-3-4-16(35)49-13)10-48-55(45,46)52-54(43,44)47-9-14-19(51-53(40,41)42)18(36)24(50-14)33-12-32-17-21(27)30-11-31-22(17)33/h3-4,11-12,14,18-20,24,35-37H,5-10H2,1-2H3,(H,28,34)(H,29,38)(H,43,44)(H,45,46)(H2,27,30,31)(H2,40,41,42)/t14-,18-,19-,20+,24-/m1/s1. The van der Waals surface area contributed by atoms with Crippen LogP contribution in [0.3, 0.4) is 0 Å². The van der Waals surface area contributed by atoms with Crippen molar-refractivity contribution < 1.29 is 90.0 Å². The molecule has 2 amide bonds. The van der Waals surface area contributed by atoms with Crippen molar-refractivity contribution in [2.24, 2.45) is 5.41 Å². The van der Waals surface area contributed by atoms with Gasteiger partial charge in [-0.3, -0.25) is 32.5 Å². The van der Waals surface area contributed by atoms with E-state index < -0.39 is 95.6 Å². The number of thioether (sulfide) groups is 1. The molecular weight excluding hydrogens is 839 g/mol. The maximum Gasteiger partial charge on any atom is 0.481 e. The molecule has 2 unspecified atom stereocenters. The number of aliphatic hydroxyl groups is 2. The topological polar surface area (TPSA) is 397 Å². The van der Waals surface area contributed by atoms with Crippen LogP contribution >= 0.6 is 35.2 Å². The highest BCUT2D eigenvalue weighted by Gasteiger charge is 2.50. The molecular formula is C26H38N7O19P3S. The zero-order valence-electron chi connectivity index (χ0n) is 29.1. The van der Waals surface area contributed by atoms with E-state index in [4.69, 9.17) is 29.0 Å². The van der Waals surface area contributed by atoms with Crippen LogP contribution in [0.2, 0.25) is 0 Å². The van der Waals surface area contributed by atoms with Crippen molar-refractivity contribution in [1.29, 1.82) is 0 Å². The quantitative estimate of drug-likeness (QED) is 0.0494. The normalized spacial score (nSPS) is 21.6. The number of phosphoric ester groups is 3. The summed E-state index contributed by atoms with van der Waals surface area (Å²) >= 11 is 0.832. The second kappa shape index (κ2) is 18.5. The number of nitrogens with zero attached hydrogens (tertiary/aromatic N) is 4. The average molecular weight is 878 g/mol. The zero-order valence-corrected chi connectivity index (χ0v) is 32.6. The van der Waals surface area contributed by atoms with Crippen LogP contribution < -0.4 is 16.4 Å². The Morgan fingerprint density at radius 1 is 1.05 bits per heavy atom. The van der Waals surface area contributed by atoms with Crippen LogP contribution in [0.1, 0.15) is 37.1 Å². The molecule has 3 aromatic heterocycles. The zero-order chi connectivity index (χ0) is 41.6. The summed E-state index contributed by atoms with van der Waals surface area (Å²) in [5, 5.41) is 34.9. The molecule has 1 saturated heterocycles. The summed E-state index contributed by atoms with van der Waals surface area (Å²) in [5.74, 6) is -1.87. The van der Waals surface area contributed by atoms with E-state index in [0.717, 1.165) is 29.0 Å². The SMILES string of the molecule is CC(C)(COP(=O)(O)OP(=O)(O)OC[C@H]1O[C@@H](n2cnc3c(N)ncnc32)[C@H](O)[C@@H]1OP(=O)(O)O)[C@@H](O)C(=O)NCCC(=O)NCCSC(=O)c1ccc(O)o1. The van der Waals surface area contributed by atoms with Gasteiger partial charge in [-0.1, -0.05) is 25.6 Å². The predicted octanol–water partition coefficient (Wildman–Crippen LogP) is -0.723. The maximum atomic E-state index is 12.7. The van der Waals surface area contributed by atoms with Gasteiger partial charge < -0.3 is 60.4 Å². The Balaban J connectivity index is 1.23. The van der Waals surface area contributed by atoms with Gasteiger partial charge in [0, 0.05) is 36.7 Å². The molecule has 4 heterocycles. The molecule has 56 heavy (non-hydrogen) atoms. The monoisotopic (exact) mass is 877 g/mol. The second-order valence-electron chi connectivity index (χ2n) is 12.3. The molecule has 7 atom stereocenters. The number of rotatable bonds is 20. The van der Waals surface area contributed by atoms with Crippen LogP contribution in [0.5, 0.6) is 5.95 Å². The number of hydrogen-bond donors (Lipinski definition) is 10. The number of phosphoric acid groups is 3. The molecule has 26 nitrogen and oxygen atoms in total. The van der Waals surface area contributed by atoms with Gasteiger partial charge in [-0.15, -0.1) is 0 Å². The number of aromatic nitrogens is 4. The van der Waals surface area contributed by atoms with Crippen molar-refractivity contribution >= 4 is 69.1 Å². The number of fused-ring (bicyclic) bond motifs is 1. The highest BCUT2D eigenvalue weighted by Crippen LogP contribution is 2.61. The average Bonchev–Trinajstić information content (AvgIpc) is 3.81. The molecule has 4 rings (SSSR count). The molecule has 0 radical (unpaired) electrons. The lowest BCUT2D eigenvalue weighted by Gasteiger charge is -2.30. The van der Waals surface area contributed by atoms with E-state index in [9.17, 15) is 57.9 Å². The molecule has 30 heteroatoms. The van der Waals surface area contributed by atoms with E-state index >= 15 is 0 Å². The molecule has 3 aromatic rings. The molecule has 1 aliphatic heterocycles. The Labute approximate surface area is 319 Å². The van der Waals surface area contributed by atoms with Crippen LogP contribution in [-0.2, 0) is 45.9 Å². The van der Waals surface area contributed by atoms with Gasteiger partial charge in [0.2, 0.25) is 11.8 Å². The first-order valence-electron chi connectivity index (χ1n) is 15.8. The highest BCUT2D eigenvalue weighted by molar-refractivity contribution is 8.14. The van der Waals surface area contributed by atoms with E-state index in [1.807, 2.05) is 0 Å². The number of hydrogen-bond acceptors (Lipinski definition) is 20. The maximum absolute atomic E-state index is 12.7. The van der Waals surface area contributed by atoms with E-state index in [1.54, 1.807) is 0 Å². The van der Waals surface area contributed by atoms with Gasteiger partial charge >= 0.3 is 23.5 Å². The van der Waals surface area contributed by atoms with Crippen LogP contribution in [0.15, 0.2) is 29.2 Å². The summed E-state index contributed by atoms with van der Waals surface area (Å²) in [4.78, 5) is 87.4. The van der Waals surface area contributed by atoms with Gasteiger partial charge in [0.05, 0.1) is 19.5 Å². The Hall–Kier alpha value is -3.36. The molecule has 1 fully saturated rings. The fraction of sp³-hybridized carbons (Fsp3) is 0.538. The third-order valence-electron chi connectivity index (χ3n) is 7.53. The van der Waals surface area contributed by atoms with Gasteiger partial charge in [0.1, 0.15) is 36.3 Å². The van der Waals surface area contributed by atoms with E-state index in [0.29, 0.717) is 0 Å². The molecule has 11 N–H and O–H groups in total. The minimum atomic E-state index is -5.58. The summed E-state index contributed by atoms with van der Waals surface area (Å²) in [6.07, 6.45) is -7.06. The number of imidazole rings is 1. The number of amides is 2. The van der Waals surface area contributed by atoms with Crippen molar-refractivity contribution in [3.05, 3.63) is 30.5 Å². The number of aliphatic hydroxyl groups excluding tert-OH is 2. The van der Waals surface area contributed by atoms with Gasteiger partial charge in [-0.25, -0.2) is 28.6 Å². The van der Waals surface area contributed by atoms with Crippen LogP contribution in [0.4, 0.5) is 5.82 Å². The molecule has 0 aromatic carbocycles. The number of nitrogens with two attached hydrogens (primary N) is 1. The Morgan fingerprint density at radius 3 is 2.41 bits per heavy atom. The van der Waals surface area contributed by atoms with E-state index in [1.165, 1.54) is 26.0 Å². The number of aromatic hydroxyl groups is 1. The number of carbonyl (C=O) groups excluding carboxylic acids is 3. The minimum absolute atomic E-state index is 0.0223. The fourth-order valence-electron chi connectivity index (χ4n) is 4.78. The largest absolute Gasteiger partial charge is 0.481 e. The summed E-state index contributed by atoms with van der Waals surface area (Å²) in [6.45, 7) is 0.243. The van der Waals surface area contributed by atoms with Crippen molar-refractivity contribution in [2.75, 3.05) is 37.8 Å². The number of carbonyl (C=O) groups is 3. The minimum Gasteiger partial charge on any atom is -0.481 e. The Morgan fingerprint density at radius 2 is 1.75 bits per heavy atom. The molecule has 312 valence electrons. The van der Waals surface area contributed by atoms with Crippen LogP contribution in [-0.4, -0.2) is 128 Å². The lowest BCUT2D eigenvalue weighted by atomic mass is 9.87. The number of furan rings is 1. The lowest BCUT2D eigenvalue weighted by Crippen LogP contribution is -2.46. The van der Waals surface area contributed by atoms with Crippen molar-refractivity contribution in [1.82, 2.24) is 30.2 Å². The first kappa shape index (κ1) is 45.3. The van der Waals surface area contributed by atoms with Gasteiger partial charge in [-0.2, -0.15) is 4.31 Å². The number of nitrogen functional groups attached to an aromatic ring is 1. The molecule has 1 aliphatic rings. The van der Waals surface area contributed by atoms with Crippen LogP contribution in [0, 0.1) is 5.41 Å². The first-order chi connectivity index (χ1) is 26.0. The summed E-state index contributed by atoms with van der Waals surface area (Å²) in [5.41, 5.74) is 4.21. The van der Waals surface area contributed by atoms with Crippen LogP contribution in [0.25, 0.3) is 11.2 Å². The lowest BCUT2D eigenvalue weighted by molar-refractivity contribution is -0.137. The third kappa shape index (κ3) is 12.6. The Bertz CT molecular complexity index is 2030. The van der Waals surface area contributed by atoms with Gasteiger partial charge in [0.15, 0.2) is 23.5 Å². The first-order valence-corrected chi connectivity index (χ1v) is 21.3. The molecule has 0 bridgehead atoms. The number of nitrogens with one attached hydrogen (secondary N) is 2. The Kier molecular flexibility index (Phi) is 15.0. The third-order valence-corrected chi connectivity index (χ3v) is 11.5. The fourth-order valence-corrected chi connectivity index (χ4v) is 8.25. The van der Waals surface area contributed by atoms with Gasteiger partial charge in [-0.05, 0) is 6.07 Å². The van der Waals surface area contributed by atoms with Crippen molar-refractivity contribution in [3.63, 3.8) is 0 Å². The molecule has 0 saturated carbocycles. The highest BCUT2D eigenvalue weighted by atomic mass is 32.2. The van der Waals surface area contributed by atoms with E-state index in [2.05, 4.69) is 34.4 Å². The van der Waals surface area contributed by atoms with Crippen molar-refractivity contribution in [3.8, 4) is 5.95 Å². The van der Waals surface area contributed by atoms with Gasteiger partial charge in [0.25, 0.3) is 11.1 Å². The summed E-state index contributed by atoms with van der Waals surface area (Å²) < 4.78 is 66.8. The van der Waals surface area contributed by atoms with Crippen molar-refractivity contribution in [2.45, 2.75) is 50.9 Å². The summed E-state index contributed by atoms with van der Waals surface area (Å²) in [7, 11) is -16.4. The second-order valence-corrected chi connectivity index (χ2v) is 17.6. The summed E-state index contributed by atoms with van der Waals surface area (Å²) in [6, 6.07) is 2.49. The number of ether oxygens (including phenoxy) is 1. The smallest absolute Gasteiger partial charge is 0.481 e.